The van der Waals surface area contributed by atoms with Gasteiger partial charge in [0.1, 0.15) is 11.6 Å². The molecule has 4 aromatic rings. The second kappa shape index (κ2) is 7.32. The molecule has 0 unspecified atom stereocenters. The van der Waals surface area contributed by atoms with Gasteiger partial charge in [-0.15, -0.1) is 0 Å². The molecule has 0 atom stereocenters. The maximum atomic E-state index is 14.0. The average molecular weight is 377 g/mol. The van der Waals surface area contributed by atoms with Crippen LogP contribution in [0.15, 0.2) is 76.8 Å². The highest BCUT2D eigenvalue weighted by molar-refractivity contribution is 7.98. The number of rotatable bonds is 4. The quantitative estimate of drug-likeness (QED) is 0.387. The molecule has 27 heavy (non-hydrogen) atoms. The minimum atomic E-state index is -0.270. The Kier molecular flexibility index (Phi) is 4.73. The fraction of sp³-hybridized carbons (Fsp3) is 0.0952. The molecule has 134 valence electrons. The van der Waals surface area contributed by atoms with Crippen LogP contribution in [0.25, 0.3) is 16.7 Å². The van der Waals surface area contributed by atoms with Gasteiger partial charge < -0.3 is 0 Å². The monoisotopic (exact) mass is 377 g/mol. The van der Waals surface area contributed by atoms with Crippen molar-refractivity contribution in [1.29, 1.82) is 0 Å². The number of fused-ring (bicyclic) bond motifs is 1. The summed E-state index contributed by atoms with van der Waals surface area (Å²) in [7, 11) is 0. The lowest BCUT2D eigenvalue weighted by atomic mass is 10.2. The lowest BCUT2D eigenvalue weighted by molar-refractivity contribution is 0.617. The summed E-state index contributed by atoms with van der Waals surface area (Å²) in [4.78, 5) is 22.1. The zero-order valence-electron chi connectivity index (χ0n) is 14.6. The van der Waals surface area contributed by atoms with Crippen molar-refractivity contribution in [3.8, 4) is 5.82 Å². The van der Waals surface area contributed by atoms with Gasteiger partial charge in [0.15, 0.2) is 5.16 Å². The van der Waals surface area contributed by atoms with Crippen LogP contribution in [0.4, 0.5) is 4.39 Å². The molecule has 4 rings (SSSR count). The van der Waals surface area contributed by atoms with Gasteiger partial charge >= 0.3 is 0 Å². The molecular weight excluding hydrogens is 361 g/mol. The summed E-state index contributed by atoms with van der Waals surface area (Å²) in [5.74, 6) is 0.594. The third kappa shape index (κ3) is 3.48. The Hall–Kier alpha value is -2.99. The highest BCUT2D eigenvalue weighted by Crippen LogP contribution is 2.25. The van der Waals surface area contributed by atoms with Crippen molar-refractivity contribution in [3.05, 3.63) is 94.2 Å². The number of para-hydroxylation sites is 1. The first-order chi connectivity index (χ1) is 13.1. The van der Waals surface area contributed by atoms with Gasteiger partial charge in [-0.1, -0.05) is 48.2 Å². The number of hydrogen-bond acceptors (Lipinski definition) is 4. The van der Waals surface area contributed by atoms with Crippen molar-refractivity contribution < 1.29 is 4.39 Å². The first-order valence-electron chi connectivity index (χ1n) is 8.44. The standard InChI is InChI=1S/C21H16FN3OS/c1-14-10-11-19(23-12-14)25-20(26)16-7-3-5-9-18(16)24-21(25)27-13-15-6-2-4-8-17(15)22/h2-12H,13H2,1H3. The van der Waals surface area contributed by atoms with Crippen LogP contribution >= 0.6 is 11.8 Å². The molecule has 0 aliphatic carbocycles. The first-order valence-corrected chi connectivity index (χ1v) is 9.43. The molecule has 6 heteroatoms. The Morgan fingerprint density at radius 1 is 1.04 bits per heavy atom. The zero-order valence-corrected chi connectivity index (χ0v) is 15.4. The Labute approximate surface area is 159 Å². The highest BCUT2D eigenvalue weighted by atomic mass is 32.2. The molecule has 0 bridgehead atoms. The number of hydrogen-bond donors (Lipinski definition) is 0. The Morgan fingerprint density at radius 2 is 1.81 bits per heavy atom. The van der Waals surface area contributed by atoms with Crippen LogP contribution in [0, 0.1) is 12.7 Å². The van der Waals surface area contributed by atoms with Crippen LogP contribution in [0.3, 0.4) is 0 Å². The molecule has 2 heterocycles. The van der Waals surface area contributed by atoms with Crippen molar-refractivity contribution in [2.75, 3.05) is 0 Å². The molecule has 0 saturated carbocycles. The zero-order chi connectivity index (χ0) is 18.8. The molecule has 0 spiro atoms. The van der Waals surface area contributed by atoms with Gasteiger partial charge in [0.25, 0.3) is 5.56 Å². The number of nitrogens with zero attached hydrogens (tertiary/aromatic N) is 3. The summed E-state index contributed by atoms with van der Waals surface area (Å²) in [5, 5.41) is 1.01. The lowest BCUT2D eigenvalue weighted by Gasteiger charge is -2.13. The number of aromatic nitrogens is 3. The van der Waals surface area contributed by atoms with Crippen molar-refractivity contribution in [1.82, 2.24) is 14.5 Å². The number of benzene rings is 2. The summed E-state index contributed by atoms with van der Waals surface area (Å²) in [5.41, 5.74) is 1.99. The van der Waals surface area contributed by atoms with Gasteiger partial charge in [0.2, 0.25) is 0 Å². The van der Waals surface area contributed by atoms with Crippen molar-refractivity contribution >= 4 is 22.7 Å². The molecule has 0 radical (unpaired) electrons. The van der Waals surface area contributed by atoms with Crippen LogP contribution in [0.2, 0.25) is 0 Å². The van der Waals surface area contributed by atoms with Crippen molar-refractivity contribution in [2.24, 2.45) is 0 Å². The third-order valence-electron chi connectivity index (χ3n) is 4.18. The first kappa shape index (κ1) is 17.4. The molecule has 2 aromatic heterocycles. The van der Waals surface area contributed by atoms with Gasteiger partial charge in [0, 0.05) is 11.9 Å². The SMILES string of the molecule is Cc1ccc(-n2c(SCc3ccccc3F)nc3ccccc3c2=O)nc1. The Balaban J connectivity index is 1.84. The van der Waals surface area contributed by atoms with E-state index in [0.29, 0.717) is 33.2 Å². The van der Waals surface area contributed by atoms with Gasteiger partial charge in [0.05, 0.1) is 10.9 Å². The van der Waals surface area contributed by atoms with Crippen LogP contribution in [-0.4, -0.2) is 14.5 Å². The number of thioether (sulfide) groups is 1. The lowest BCUT2D eigenvalue weighted by Crippen LogP contribution is -2.22. The van der Waals surface area contributed by atoms with E-state index in [9.17, 15) is 9.18 Å². The topological polar surface area (TPSA) is 47.8 Å². The molecule has 0 N–H and O–H groups in total. The smallest absolute Gasteiger partial charge is 0.267 e. The summed E-state index contributed by atoms with van der Waals surface area (Å²) in [6, 6.07) is 17.5. The fourth-order valence-electron chi connectivity index (χ4n) is 2.76. The van der Waals surface area contributed by atoms with E-state index >= 15 is 0 Å². The number of pyridine rings is 1. The minimum absolute atomic E-state index is 0.187. The molecule has 0 saturated heterocycles. The van der Waals surface area contributed by atoms with E-state index in [2.05, 4.69) is 9.97 Å². The second-order valence-corrected chi connectivity index (χ2v) is 7.07. The summed E-state index contributed by atoms with van der Waals surface area (Å²) in [6.45, 7) is 1.94. The predicted molar refractivity (Wildman–Crippen MR) is 106 cm³/mol. The normalized spacial score (nSPS) is 11.0. The van der Waals surface area contributed by atoms with Crippen LogP contribution in [0.1, 0.15) is 11.1 Å². The molecule has 0 aliphatic rings. The second-order valence-electron chi connectivity index (χ2n) is 6.13. The maximum Gasteiger partial charge on any atom is 0.267 e. The largest absolute Gasteiger partial charge is 0.268 e. The van der Waals surface area contributed by atoms with Crippen molar-refractivity contribution in [2.45, 2.75) is 17.8 Å². The molecule has 0 amide bonds. The predicted octanol–water partition coefficient (Wildman–Crippen LogP) is 4.52. The van der Waals surface area contributed by atoms with E-state index in [1.165, 1.54) is 22.4 Å². The maximum absolute atomic E-state index is 14.0. The van der Waals surface area contributed by atoms with Gasteiger partial charge in [-0.2, -0.15) is 0 Å². The summed E-state index contributed by atoms with van der Waals surface area (Å²) in [6.07, 6.45) is 1.71. The number of halogens is 1. The average Bonchev–Trinajstić information content (AvgIpc) is 2.69. The van der Waals surface area contributed by atoms with E-state index in [4.69, 9.17) is 0 Å². The van der Waals surface area contributed by atoms with Gasteiger partial charge in [-0.25, -0.2) is 18.9 Å². The van der Waals surface area contributed by atoms with E-state index in [1.54, 1.807) is 42.6 Å². The van der Waals surface area contributed by atoms with Crippen molar-refractivity contribution in [3.63, 3.8) is 0 Å². The third-order valence-corrected chi connectivity index (χ3v) is 5.17. The molecular formula is C21H16FN3OS. The highest BCUT2D eigenvalue weighted by Gasteiger charge is 2.15. The Morgan fingerprint density at radius 3 is 2.59 bits per heavy atom. The molecule has 0 fully saturated rings. The molecule has 4 nitrogen and oxygen atoms in total. The minimum Gasteiger partial charge on any atom is -0.268 e. The van der Waals surface area contributed by atoms with Gasteiger partial charge in [-0.3, -0.25) is 4.79 Å². The van der Waals surface area contributed by atoms with E-state index in [0.717, 1.165) is 5.56 Å². The summed E-state index contributed by atoms with van der Waals surface area (Å²) >= 11 is 1.31. The van der Waals surface area contributed by atoms with E-state index in [-0.39, 0.29) is 11.4 Å². The van der Waals surface area contributed by atoms with Crippen LogP contribution < -0.4 is 5.56 Å². The summed E-state index contributed by atoms with van der Waals surface area (Å²) < 4.78 is 15.5. The fourth-order valence-corrected chi connectivity index (χ4v) is 3.75. The van der Waals surface area contributed by atoms with Crippen LogP contribution in [-0.2, 0) is 5.75 Å². The van der Waals surface area contributed by atoms with E-state index in [1.807, 2.05) is 25.1 Å². The van der Waals surface area contributed by atoms with Crippen LogP contribution in [0.5, 0.6) is 0 Å². The van der Waals surface area contributed by atoms with Gasteiger partial charge in [-0.05, 0) is 42.3 Å². The number of aryl methyl sites for hydroxylation is 1. The van der Waals surface area contributed by atoms with E-state index < -0.39 is 0 Å². The Bertz CT molecular complexity index is 1170. The molecule has 0 aliphatic heterocycles. The molecule has 2 aromatic carbocycles.